The number of amides is 1. The van der Waals surface area contributed by atoms with Crippen LogP contribution in [0.2, 0.25) is 0 Å². The van der Waals surface area contributed by atoms with Crippen molar-refractivity contribution in [1.29, 1.82) is 0 Å². The topological polar surface area (TPSA) is 58.5 Å². The minimum Gasteiger partial charge on any atom is -0.345 e. The first kappa shape index (κ1) is 15.1. The first-order valence-corrected chi connectivity index (χ1v) is 7.93. The number of aryl methyl sites for hydroxylation is 1. The summed E-state index contributed by atoms with van der Waals surface area (Å²) in [5.74, 6) is 0.682. The minimum atomic E-state index is -0.0275. The Morgan fingerprint density at radius 3 is 2.50 bits per heavy atom. The second kappa shape index (κ2) is 5.75. The Bertz CT molecular complexity index is 781. The predicted octanol–water partition coefficient (Wildman–Crippen LogP) is 2.85. The summed E-state index contributed by atoms with van der Waals surface area (Å²) >= 11 is 2.23. The molecular formula is C16H15IN4O. The van der Waals surface area contributed by atoms with Crippen molar-refractivity contribution >= 4 is 32.2 Å². The zero-order valence-electron chi connectivity index (χ0n) is 12.6. The lowest BCUT2D eigenvalue weighted by atomic mass is 9.95. The van der Waals surface area contributed by atoms with Gasteiger partial charge in [-0.15, -0.1) is 0 Å². The van der Waals surface area contributed by atoms with Crippen LogP contribution in [-0.4, -0.2) is 38.6 Å². The van der Waals surface area contributed by atoms with Crippen molar-refractivity contribution in [3.05, 3.63) is 47.0 Å². The summed E-state index contributed by atoms with van der Waals surface area (Å²) in [6.45, 7) is 2.47. The van der Waals surface area contributed by atoms with Crippen LogP contribution >= 0.6 is 22.6 Å². The van der Waals surface area contributed by atoms with Gasteiger partial charge >= 0.3 is 0 Å². The molecule has 112 valence electrons. The van der Waals surface area contributed by atoms with E-state index in [9.17, 15) is 4.79 Å². The summed E-state index contributed by atoms with van der Waals surface area (Å²) in [6, 6.07) is 3.97. The second-order valence-electron chi connectivity index (χ2n) is 5.38. The molecular weight excluding hydrogens is 391 g/mol. The molecule has 1 aromatic heterocycles. The van der Waals surface area contributed by atoms with E-state index in [4.69, 9.17) is 0 Å². The summed E-state index contributed by atoms with van der Waals surface area (Å²) in [5, 5.41) is 0. The fraction of sp³-hybridized carbons (Fsp3) is 0.250. The molecule has 0 unspecified atom stereocenters. The maximum absolute atomic E-state index is 12.5. The molecule has 1 amide bonds. The van der Waals surface area contributed by atoms with Gasteiger partial charge in [0.25, 0.3) is 5.91 Å². The molecule has 2 heterocycles. The van der Waals surface area contributed by atoms with Crippen LogP contribution in [0.5, 0.6) is 0 Å². The fourth-order valence-electron chi connectivity index (χ4n) is 2.40. The van der Waals surface area contributed by atoms with Gasteiger partial charge in [-0.2, -0.15) is 0 Å². The van der Waals surface area contributed by atoms with E-state index in [1.807, 2.05) is 19.1 Å². The van der Waals surface area contributed by atoms with Crippen LogP contribution in [0.1, 0.15) is 27.3 Å². The molecule has 6 heteroatoms. The van der Waals surface area contributed by atoms with E-state index in [2.05, 4.69) is 37.6 Å². The van der Waals surface area contributed by atoms with Gasteiger partial charge in [0.2, 0.25) is 0 Å². The summed E-state index contributed by atoms with van der Waals surface area (Å²) in [7, 11) is 3.51. The van der Waals surface area contributed by atoms with E-state index in [1.165, 1.54) is 0 Å². The van der Waals surface area contributed by atoms with E-state index >= 15 is 0 Å². The lowest BCUT2D eigenvalue weighted by Crippen LogP contribution is -2.22. The van der Waals surface area contributed by atoms with Gasteiger partial charge in [0, 0.05) is 43.2 Å². The zero-order valence-corrected chi connectivity index (χ0v) is 14.7. The monoisotopic (exact) mass is 406 g/mol. The van der Waals surface area contributed by atoms with Crippen molar-refractivity contribution in [1.82, 2.24) is 14.9 Å². The minimum absolute atomic E-state index is 0.0275. The molecule has 0 aliphatic carbocycles. The molecule has 2 aromatic rings. The van der Waals surface area contributed by atoms with E-state index in [1.54, 1.807) is 31.4 Å². The molecule has 1 aliphatic heterocycles. The van der Waals surface area contributed by atoms with Crippen LogP contribution in [0.3, 0.4) is 0 Å². The predicted molar refractivity (Wildman–Crippen MR) is 94.5 cm³/mol. The highest BCUT2D eigenvalue weighted by Crippen LogP contribution is 2.32. The summed E-state index contributed by atoms with van der Waals surface area (Å²) in [6.07, 6.45) is 3.52. The van der Waals surface area contributed by atoms with Crippen LogP contribution in [0.25, 0.3) is 11.1 Å². The lowest BCUT2D eigenvalue weighted by Gasteiger charge is -2.16. The van der Waals surface area contributed by atoms with Crippen molar-refractivity contribution in [2.24, 2.45) is 4.99 Å². The highest BCUT2D eigenvalue weighted by atomic mass is 127. The number of carbonyl (C=O) groups excluding carboxylic acids is 1. The first-order chi connectivity index (χ1) is 10.5. The first-order valence-electron chi connectivity index (χ1n) is 6.85. The number of aromatic nitrogens is 2. The van der Waals surface area contributed by atoms with Crippen molar-refractivity contribution in [3.63, 3.8) is 0 Å². The third-order valence-electron chi connectivity index (χ3n) is 3.58. The van der Waals surface area contributed by atoms with Crippen LogP contribution in [-0.2, 0) is 6.54 Å². The number of benzene rings is 1. The molecule has 1 aliphatic rings. The van der Waals surface area contributed by atoms with Gasteiger partial charge in [0.1, 0.15) is 9.54 Å². The van der Waals surface area contributed by atoms with Crippen molar-refractivity contribution in [2.45, 2.75) is 13.5 Å². The summed E-state index contributed by atoms with van der Waals surface area (Å²) in [4.78, 5) is 27.1. The van der Waals surface area contributed by atoms with Gasteiger partial charge in [-0.1, -0.05) is 0 Å². The van der Waals surface area contributed by atoms with Crippen LogP contribution in [0.4, 0.5) is 0 Å². The Balaban J connectivity index is 2.21. The number of aliphatic imine (C=N–C) groups is 1. The maximum Gasteiger partial charge on any atom is 0.253 e. The summed E-state index contributed by atoms with van der Waals surface area (Å²) < 4.78 is 0.978. The lowest BCUT2D eigenvalue weighted by molar-refractivity contribution is 0.0828. The van der Waals surface area contributed by atoms with Crippen molar-refractivity contribution in [2.75, 3.05) is 14.1 Å². The van der Waals surface area contributed by atoms with Crippen LogP contribution in [0, 0.1) is 6.92 Å². The average Bonchev–Trinajstić information content (AvgIpc) is 2.87. The van der Waals surface area contributed by atoms with E-state index in [-0.39, 0.29) is 5.91 Å². The molecule has 0 radical (unpaired) electrons. The van der Waals surface area contributed by atoms with Gasteiger partial charge in [-0.05, 0) is 52.8 Å². The Morgan fingerprint density at radius 1 is 1.18 bits per heavy atom. The number of hydrogen-bond acceptors (Lipinski definition) is 4. The molecule has 0 saturated heterocycles. The molecule has 3 rings (SSSR count). The smallest absolute Gasteiger partial charge is 0.253 e. The number of hydrogen-bond donors (Lipinski definition) is 0. The summed E-state index contributed by atoms with van der Waals surface area (Å²) in [5.41, 5.74) is 4.54. The van der Waals surface area contributed by atoms with Crippen molar-refractivity contribution in [3.8, 4) is 11.1 Å². The zero-order chi connectivity index (χ0) is 15.9. The normalized spacial score (nSPS) is 12.8. The fourth-order valence-corrected chi connectivity index (χ4v) is 3.07. The third kappa shape index (κ3) is 2.63. The molecule has 0 bridgehead atoms. The van der Waals surface area contributed by atoms with Gasteiger partial charge in [0.05, 0.1) is 6.54 Å². The van der Waals surface area contributed by atoms with Gasteiger partial charge in [-0.25, -0.2) is 9.97 Å². The van der Waals surface area contributed by atoms with Crippen LogP contribution < -0.4 is 0 Å². The number of carbonyl (C=O) groups is 1. The standard InChI is InChI=1S/C16H15IN4O/c1-9-18-7-11(8-19-9)12-5-13-10(6-20-15(13)17)4-14(12)16(22)21(2)3/h4-5,7-8H,6H2,1-3H3. The Hall–Kier alpha value is -1.83. The van der Waals surface area contributed by atoms with E-state index in [0.717, 1.165) is 26.0 Å². The molecule has 5 nitrogen and oxygen atoms in total. The van der Waals surface area contributed by atoms with Crippen molar-refractivity contribution < 1.29 is 4.79 Å². The Morgan fingerprint density at radius 2 is 1.86 bits per heavy atom. The average molecular weight is 406 g/mol. The number of rotatable bonds is 2. The number of halogens is 1. The van der Waals surface area contributed by atoms with Gasteiger partial charge < -0.3 is 4.90 Å². The van der Waals surface area contributed by atoms with E-state index in [0.29, 0.717) is 17.9 Å². The molecule has 22 heavy (non-hydrogen) atoms. The van der Waals surface area contributed by atoms with E-state index < -0.39 is 0 Å². The maximum atomic E-state index is 12.5. The number of nitrogens with zero attached hydrogens (tertiary/aromatic N) is 4. The molecule has 1 aromatic carbocycles. The molecule has 0 spiro atoms. The highest BCUT2D eigenvalue weighted by molar-refractivity contribution is 14.1. The molecule has 0 saturated carbocycles. The van der Waals surface area contributed by atoms with Gasteiger partial charge in [-0.3, -0.25) is 9.79 Å². The largest absolute Gasteiger partial charge is 0.345 e. The molecule has 0 fully saturated rings. The molecule has 0 atom stereocenters. The third-order valence-corrected chi connectivity index (χ3v) is 4.50. The van der Waals surface area contributed by atoms with Gasteiger partial charge in [0.15, 0.2) is 0 Å². The Kier molecular flexibility index (Phi) is 3.94. The highest BCUT2D eigenvalue weighted by Gasteiger charge is 2.22. The quantitative estimate of drug-likeness (QED) is 0.721. The Labute approximate surface area is 142 Å². The second-order valence-corrected chi connectivity index (χ2v) is 6.40. The SMILES string of the molecule is Cc1ncc(-c2cc3c(cc2C(=O)N(C)C)CN=C3I)cn1. The molecule has 0 N–H and O–H groups in total. The van der Waals surface area contributed by atoms with Crippen LogP contribution in [0.15, 0.2) is 29.5 Å². The number of fused-ring (bicyclic) bond motifs is 1.